The molecule has 4 aliphatic carbocycles. The van der Waals surface area contributed by atoms with Crippen molar-refractivity contribution in [1.82, 2.24) is 9.88 Å². The van der Waals surface area contributed by atoms with Crippen molar-refractivity contribution in [3.63, 3.8) is 0 Å². The van der Waals surface area contributed by atoms with Crippen LogP contribution in [0.4, 0.5) is 0 Å². The van der Waals surface area contributed by atoms with Gasteiger partial charge in [-0.2, -0.15) is 0 Å². The summed E-state index contributed by atoms with van der Waals surface area (Å²) >= 11 is 6.81. The summed E-state index contributed by atoms with van der Waals surface area (Å²) in [6, 6.07) is 2.25. The molecule has 4 N–H and O–H groups in total. The SMILES string of the molecule is COc1cc(=O)c2c(=O)c3c(c(=O)c=2c1=O)=C(O)[C@]1(CCc2c1c(O)c1c(=O)[nH]c(/C=N/OCCN4CCOCC4)cc1c2Cl)C=3O. The molecule has 0 radical (unpaired) electrons. The number of halogens is 1. The molecule has 14 nitrogen and oxygen atoms in total. The number of nitrogens with zero attached hydrogens (tertiary/aromatic N) is 2. The van der Waals surface area contributed by atoms with Crippen LogP contribution < -0.4 is 42.4 Å². The lowest BCUT2D eigenvalue weighted by Crippen LogP contribution is -2.51. The van der Waals surface area contributed by atoms with Crippen LogP contribution in [0.3, 0.4) is 0 Å². The number of ether oxygens (including phenoxy) is 2. The van der Waals surface area contributed by atoms with Crippen molar-refractivity contribution in [3.8, 4) is 11.5 Å². The topological polar surface area (TPSA) is 205 Å². The Morgan fingerprint density at radius 2 is 1.68 bits per heavy atom. The van der Waals surface area contributed by atoms with Gasteiger partial charge in [-0.3, -0.25) is 28.9 Å². The fraction of sp³-hybridized carbons (Fsp3) is 0.312. The lowest BCUT2D eigenvalue weighted by atomic mass is 9.78. The van der Waals surface area contributed by atoms with Crippen molar-refractivity contribution in [2.24, 2.45) is 5.16 Å². The minimum absolute atomic E-state index is 0.0264. The van der Waals surface area contributed by atoms with Gasteiger partial charge in [-0.25, -0.2) is 0 Å². The van der Waals surface area contributed by atoms with E-state index in [1.54, 1.807) is 0 Å². The minimum Gasteiger partial charge on any atom is -0.510 e. The normalized spacial score (nSPS) is 19.4. The molecular weight excluding hydrogens is 638 g/mol. The van der Waals surface area contributed by atoms with Crippen molar-refractivity contribution in [2.45, 2.75) is 18.3 Å². The van der Waals surface area contributed by atoms with E-state index in [2.05, 4.69) is 15.0 Å². The maximum Gasteiger partial charge on any atom is 0.260 e. The molecule has 1 atom stereocenters. The lowest BCUT2D eigenvalue weighted by Gasteiger charge is -2.27. The molecule has 1 spiro atoms. The smallest absolute Gasteiger partial charge is 0.260 e. The van der Waals surface area contributed by atoms with Crippen LogP contribution in [-0.2, 0) is 21.4 Å². The molecule has 0 unspecified atom stereocenters. The maximum absolute atomic E-state index is 13.7. The van der Waals surface area contributed by atoms with Gasteiger partial charge in [0.1, 0.15) is 29.3 Å². The van der Waals surface area contributed by atoms with E-state index in [1.165, 1.54) is 12.3 Å². The van der Waals surface area contributed by atoms with Gasteiger partial charge in [0.2, 0.25) is 16.3 Å². The van der Waals surface area contributed by atoms with Crippen LogP contribution in [0.5, 0.6) is 11.5 Å². The number of benzene rings is 1. The number of hydrogen-bond donors (Lipinski definition) is 4. The van der Waals surface area contributed by atoms with Gasteiger partial charge in [0.15, 0.2) is 11.2 Å². The second kappa shape index (κ2) is 11.0. The summed E-state index contributed by atoms with van der Waals surface area (Å²) in [6.07, 6.45) is 1.15. The number of aliphatic hydroxyl groups is 2. The van der Waals surface area contributed by atoms with E-state index in [9.17, 15) is 39.3 Å². The van der Waals surface area contributed by atoms with E-state index < -0.39 is 76.6 Å². The summed E-state index contributed by atoms with van der Waals surface area (Å²) in [7, 11) is 1.11. The van der Waals surface area contributed by atoms with Crippen molar-refractivity contribution in [1.29, 1.82) is 0 Å². The molecule has 2 heterocycles. The summed E-state index contributed by atoms with van der Waals surface area (Å²) in [4.78, 5) is 76.5. The van der Waals surface area contributed by atoms with Gasteiger partial charge in [-0.1, -0.05) is 16.8 Å². The maximum atomic E-state index is 13.7. The average molecular weight is 664 g/mol. The zero-order valence-electron chi connectivity index (χ0n) is 24.8. The number of phenolic OH excluding ortho intramolecular Hbond substituents is 1. The fourth-order valence-electron chi connectivity index (χ4n) is 7.02. The number of aromatic amines is 1. The predicted octanol–water partition coefficient (Wildman–Crippen LogP) is -1.15. The number of morpholine rings is 1. The highest BCUT2D eigenvalue weighted by molar-refractivity contribution is 6.37. The summed E-state index contributed by atoms with van der Waals surface area (Å²) in [5.74, 6) is -2.74. The molecule has 15 heteroatoms. The Morgan fingerprint density at radius 3 is 2.36 bits per heavy atom. The van der Waals surface area contributed by atoms with Crippen LogP contribution >= 0.6 is 11.6 Å². The van der Waals surface area contributed by atoms with E-state index >= 15 is 0 Å². The van der Waals surface area contributed by atoms with Crippen LogP contribution in [-0.4, -0.2) is 78.0 Å². The first kappa shape index (κ1) is 30.6. The van der Waals surface area contributed by atoms with Crippen molar-refractivity contribution >= 4 is 40.1 Å². The van der Waals surface area contributed by atoms with E-state index in [4.69, 9.17) is 25.9 Å². The molecule has 2 aromatic rings. The molecule has 5 aliphatic rings. The summed E-state index contributed by atoms with van der Waals surface area (Å²) in [6.45, 7) is 3.83. The molecule has 1 aliphatic heterocycles. The molecule has 1 aromatic heterocycles. The summed E-state index contributed by atoms with van der Waals surface area (Å²) in [5, 5.41) is 35.8. The van der Waals surface area contributed by atoms with Crippen LogP contribution in [0, 0.1) is 10.4 Å². The van der Waals surface area contributed by atoms with E-state index in [1.807, 2.05) is 0 Å². The Bertz CT molecular complexity index is 2530. The third-order valence-electron chi connectivity index (χ3n) is 9.25. The standard InChI is InChI=1S/C32H26ClN3O11/c1-45-17-11-16(37)19-20(25(17)38)27(40)22-21(26(19)39)29(42)32(30(22)43)3-2-14-23(32)28(41)18-15(24(14)33)10-13(35-31(18)44)12-34-47-9-6-36-4-7-46-8-5-36/h10-12,41-43H,2-9H2,1H3,(H,35,44)/b34-12+/t32-/m0/s1. The first-order chi connectivity index (χ1) is 22.5. The molecule has 0 amide bonds. The van der Waals surface area contributed by atoms with Gasteiger partial charge in [0.25, 0.3) is 5.56 Å². The highest BCUT2D eigenvalue weighted by atomic mass is 35.5. The van der Waals surface area contributed by atoms with Gasteiger partial charge >= 0.3 is 0 Å². The highest BCUT2D eigenvalue weighted by Gasteiger charge is 2.53. The Labute approximate surface area is 267 Å². The fourth-order valence-corrected chi connectivity index (χ4v) is 7.36. The first-order valence-corrected chi connectivity index (χ1v) is 15.0. The Kier molecular flexibility index (Phi) is 7.19. The average Bonchev–Trinajstić information content (AvgIpc) is 3.57. The molecule has 242 valence electrons. The molecular formula is C32H26ClN3O11. The third-order valence-corrected chi connectivity index (χ3v) is 9.68. The Morgan fingerprint density at radius 1 is 1.00 bits per heavy atom. The zero-order chi connectivity index (χ0) is 33.4. The number of pyridine rings is 1. The molecule has 47 heavy (non-hydrogen) atoms. The van der Waals surface area contributed by atoms with Gasteiger partial charge in [-0.15, -0.1) is 0 Å². The number of hydrogen-bond acceptors (Lipinski definition) is 13. The number of H-pyrrole nitrogens is 1. The van der Waals surface area contributed by atoms with Crippen LogP contribution in [0.1, 0.15) is 23.2 Å². The molecule has 1 aromatic carbocycles. The van der Waals surface area contributed by atoms with E-state index in [-0.39, 0.29) is 45.5 Å². The largest absolute Gasteiger partial charge is 0.510 e. The Hall–Kier alpha value is -5.05. The van der Waals surface area contributed by atoms with Crippen molar-refractivity contribution in [2.75, 3.05) is 46.6 Å². The molecule has 7 rings (SSSR count). The van der Waals surface area contributed by atoms with Crippen LogP contribution in [0.2, 0.25) is 5.02 Å². The highest BCUT2D eigenvalue weighted by Crippen LogP contribution is 2.56. The number of aliphatic hydroxyl groups excluding tert-OH is 2. The lowest BCUT2D eigenvalue weighted by molar-refractivity contribution is 0.0214. The van der Waals surface area contributed by atoms with E-state index in [0.717, 1.165) is 26.3 Å². The first-order valence-electron chi connectivity index (χ1n) is 14.6. The monoisotopic (exact) mass is 663 g/mol. The number of aromatic nitrogens is 1. The number of aromatic hydroxyl groups is 1. The number of rotatable bonds is 6. The number of oxime groups is 1. The van der Waals surface area contributed by atoms with Gasteiger partial charge < -0.3 is 34.6 Å². The van der Waals surface area contributed by atoms with Crippen molar-refractivity contribution < 1.29 is 29.6 Å². The van der Waals surface area contributed by atoms with Crippen molar-refractivity contribution in [3.05, 3.63) is 106 Å². The number of fused-ring (bicyclic) bond motifs is 4. The second-order valence-electron chi connectivity index (χ2n) is 11.5. The quantitative estimate of drug-likeness (QED) is 0.110. The predicted molar refractivity (Wildman–Crippen MR) is 169 cm³/mol. The number of methoxy groups -OCH3 is 1. The van der Waals surface area contributed by atoms with E-state index in [0.29, 0.717) is 26.4 Å². The number of nitrogens with one attached hydrogen (secondary N) is 1. The molecule has 0 bridgehead atoms. The van der Waals surface area contributed by atoms with Gasteiger partial charge in [0, 0.05) is 36.7 Å². The van der Waals surface area contributed by atoms with Gasteiger partial charge in [0.05, 0.1) is 63.5 Å². The van der Waals surface area contributed by atoms with Gasteiger partial charge in [-0.05, 0) is 24.5 Å². The third kappa shape index (κ3) is 4.25. The molecule has 1 saturated heterocycles. The summed E-state index contributed by atoms with van der Waals surface area (Å²) < 4.78 is 10.2. The number of phenols is 1. The zero-order valence-corrected chi connectivity index (χ0v) is 25.5. The molecule has 1 fully saturated rings. The molecule has 0 saturated carbocycles. The second-order valence-corrected chi connectivity index (χ2v) is 11.9. The Balaban J connectivity index is 1.37. The minimum atomic E-state index is -2.06. The summed E-state index contributed by atoms with van der Waals surface area (Å²) in [5.41, 5.74) is -6.87. The van der Waals surface area contributed by atoms with Crippen LogP contribution in [0.15, 0.2) is 41.3 Å². The van der Waals surface area contributed by atoms with Crippen LogP contribution in [0.25, 0.3) is 22.3 Å².